The zero-order valence-corrected chi connectivity index (χ0v) is 12.5. The topological polar surface area (TPSA) is 32.3 Å². The Morgan fingerprint density at radius 3 is 2.42 bits per heavy atom. The molecule has 0 aromatic heterocycles. The van der Waals surface area contributed by atoms with Crippen LogP contribution in [0.5, 0.6) is 5.75 Å². The second kappa shape index (κ2) is 6.42. The lowest BCUT2D eigenvalue weighted by atomic mass is 9.96. The zero-order chi connectivity index (χ0) is 13.8. The number of hydrogen-bond donors (Lipinski definition) is 2. The molecule has 0 saturated heterocycles. The Morgan fingerprint density at radius 1 is 1.11 bits per heavy atom. The second-order valence-electron chi connectivity index (χ2n) is 6.18. The lowest BCUT2D eigenvalue weighted by Crippen LogP contribution is -2.33. The van der Waals surface area contributed by atoms with Gasteiger partial charge in [-0.05, 0) is 49.3 Å². The SMILES string of the molecule is Cc1cc(CNC2CCCCCC2C)cc(C)c1O. The maximum absolute atomic E-state index is 9.81. The summed E-state index contributed by atoms with van der Waals surface area (Å²) in [5.41, 5.74) is 3.24. The third-order valence-electron chi connectivity index (χ3n) is 4.48. The molecule has 1 aliphatic carbocycles. The van der Waals surface area contributed by atoms with Crippen LogP contribution in [0.15, 0.2) is 12.1 Å². The fraction of sp³-hybridized carbons (Fsp3) is 0.647. The van der Waals surface area contributed by atoms with E-state index in [0.29, 0.717) is 11.8 Å². The average Bonchev–Trinajstić information content (AvgIpc) is 2.58. The lowest BCUT2D eigenvalue weighted by Gasteiger charge is -2.23. The number of hydrogen-bond acceptors (Lipinski definition) is 2. The molecular formula is C17H27NO. The van der Waals surface area contributed by atoms with Gasteiger partial charge in [-0.2, -0.15) is 0 Å². The molecule has 0 amide bonds. The number of benzene rings is 1. The second-order valence-corrected chi connectivity index (χ2v) is 6.18. The van der Waals surface area contributed by atoms with Crippen molar-refractivity contribution in [1.82, 2.24) is 5.32 Å². The van der Waals surface area contributed by atoms with Gasteiger partial charge in [-0.25, -0.2) is 0 Å². The molecule has 1 aliphatic rings. The molecule has 19 heavy (non-hydrogen) atoms. The highest BCUT2D eigenvalue weighted by Gasteiger charge is 2.19. The van der Waals surface area contributed by atoms with Crippen molar-refractivity contribution < 1.29 is 5.11 Å². The van der Waals surface area contributed by atoms with E-state index in [4.69, 9.17) is 0 Å². The molecule has 2 heteroatoms. The molecule has 2 rings (SSSR count). The van der Waals surface area contributed by atoms with Crippen LogP contribution >= 0.6 is 0 Å². The molecule has 0 spiro atoms. The van der Waals surface area contributed by atoms with Gasteiger partial charge in [-0.15, -0.1) is 0 Å². The summed E-state index contributed by atoms with van der Waals surface area (Å²) in [6.07, 6.45) is 6.79. The van der Waals surface area contributed by atoms with E-state index in [9.17, 15) is 5.11 Å². The van der Waals surface area contributed by atoms with Crippen molar-refractivity contribution in [1.29, 1.82) is 0 Å². The highest BCUT2D eigenvalue weighted by molar-refractivity contribution is 5.42. The van der Waals surface area contributed by atoms with E-state index >= 15 is 0 Å². The quantitative estimate of drug-likeness (QED) is 0.804. The van der Waals surface area contributed by atoms with Gasteiger partial charge >= 0.3 is 0 Å². The molecule has 2 N–H and O–H groups in total. The lowest BCUT2D eigenvalue weighted by molar-refractivity contribution is 0.356. The van der Waals surface area contributed by atoms with Gasteiger partial charge in [0.25, 0.3) is 0 Å². The molecule has 0 radical (unpaired) electrons. The smallest absolute Gasteiger partial charge is 0.121 e. The summed E-state index contributed by atoms with van der Waals surface area (Å²) in [6, 6.07) is 4.84. The van der Waals surface area contributed by atoms with Crippen molar-refractivity contribution in [3.63, 3.8) is 0 Å². The Balaban J connectivity index is 1.98. The average molecular weight is 261 g/mol. The first-order valence-electron chi connectivity index (χ1n) is 7.60. The fourth-order valence-electron chi connectivity index (χ4n) is 3.19. The molecule has 2 nitrogen and oxygen atoms in total. The van der Waals surface area contributed by atoms with Crippen molar-refractivity contribution in [2.75, 3.05) is 0 Å². The van der Waals surface area contributed by atoms with Crippen molar-refractivity contribution in [2.45, 2.75) is 65.5 Å². The van der Waals surface area contributed by atoms with Crippen LogP contribution in [0.4, 0.5) is 0 Å². The first kappa shape index (κ1) is 14.4. The molecule has 1 aromatic rings. The summed E-state index contributed by atoms with van der Waals surface area (Å²) in [7, 11) is 0. The van der Waals surface area contributed by atoms with E-state index in [1.807, 2.05) is 13.8 Å². The third kappa shape index (κ3) is 3.73. The molecule has 0 heterocycles. The molecule has 1 saturated carbocycles. The molecular weight excluding hydrogens is 234 g/mol. The zero-order valence-electron chi connectivity index (χ0n) is 12.5. The Kier molecular flexibility index (Phi) is 4.87. The number of phenolic OH excluding ortho intramolecular Hbond substituents is 1. The van der Waals surface area contributed by atoms with E-state index < -0.39 is 0 Å². The summed E-state index contributed by atoms with van der Waals surface area (Å²) in [6.45, 7) is 7.23. The number of rotatable bonds is 3. The van der Waals surface area contributed by atoms with Crippen LogP contribution in [0.3, 0.4) is 0 Å². The first-order chi connectivity index (χ1) is 9.08. The molecule has 1 aromatic carbocycles. The van der Waals surface area contributed by atoms with E-state index in [2.05, 4.69) is 24.4 Å². The predicted octanol–water partition coefficient (Wildman–Crippen LogP) is 4.07. The van der Waals surface area contributed by atoms with Gasteiger partial charge in [0.15, 0.2) is 0 Å². The molecule has 0 bridgehead atoms. The van der Waals surface area contributed by atoms with Gasteiger partial charge in [-0.1, -0.05) is 38.3 Å². The number of nitrogens with one attached hydrogen (secondary N) is 1. The van der Waals surface area contributed by atoms with Gasteiger partial charge in [0, 0.05) is 12.6 Å². The summed E-state index contributed by atoms with van der Waals surface area (Å²) in [5, 5.41) is 13.5. The third-order valence-corrected chi connectivity index (χ3v) is 4.48. The highest BCUT2D eigenvalue weighted by Crippen LogP contribution is 2.25. The Labute approximate surface area is 117 Å². The summed E-state index contributed by atoms with van der Waals surface area (Å²) in [4.78, 5) is 0. The van der Waals surface area contributed by atoms with Crippen LogP contribution in [-0.2, 0) is 6.54 Å². The van der Waals surface area contributed by atoms with E-state index in [0.717, 1.165) is 23.6 Å². The van der Waals surface area contributed by atoms with Gasteiger partial charge in [0.05, 0.1) is 0 Å². The maximum atomic E-state index is 9.81. The molecule has 1 fully saturated rings. The van der Waals surface area contributed by atoms with Crippen LogP contribution < -0.4 is 5.32 Å². The molecule has 0 aliphatic heterocycles. The minimum atomic E-state index is 0.437. The summed E-state index contributed by atoms with van der Waals surface area (Å²) < 4.78 is 0. The molecule has 2 atom stereocenters. The summed E-state index contributed by atoms with van der Waals surface area (Å²) >= 11 is 0. The molecule has 106 valence electrons. The Hall–Kier alpha value is -1.02. The van der Waals surface area contributed by atoms with Crippen LogP contribution in [0.2, 0.25) is 0 Å². The van der Waals surface area contributed by atoms with E-state index in [-0.39, 0.29) is 0 Å². The normalized spacial score (nSPS) is 24.2. The molecule has 2 unspecified atom stereocenters. The predicted molar refractivity (Wildman–Crippen MR) is 80.5 cm³/mol. The maximum Gasteiger partial charge on any atom is 0.121 e. The fourth-order valence-corrected chi connectivity index (χ4v) is 3.19. The van der Waals surface area contributed by atoms with Gasteiger partial charge < -0.3 is 10.4 Å². The van der Waals surface area contributed by atoms with Gasteiger partial charge in [-0.3, -0.25) is 0 Å². The standard InChI is InChI=1S/C17H27NO/c1-12-7-5-4-6-8-16(12)18-11-15-9-13(2)17(19)14(3)10-15/h9-10,12,16,18-19H,4-8,11H2,1-3H3. The van der Waals surface area contributed by atoms with Crippen LogP contribution in [-0.4, -0.2) is 11.1 Å². The van der Waals surface area contributed by atoms with Crippen LogP contribution in [0, 0.1) is 19.8 Å². The van der Waals surface area contributed by atoms with Crippen LogP contribution in [0.1, 0.15) is 55.7 Å². The number of aromatic hydroxyl groups is 1. The van der Waals surface area contributed by atoms with E-state index in [1.165, 1.54) is 37.7 Å². The van der Waals surface area contributed by atoms with E-state index in [1.54, 1.807) is 0 Å². The van der Waals surface area contributed by atoms with Crippen molar-refractivity contribution in [3.8, 4) is 5.75 Å². The Bertz CT molecular complexity index is 404. The largest absolute Gasteiger partial charge is 0.507 e. The van der Waals surface area contributed by atoms with Gasteiger partial charge in [0.1, 0.15) is 5.75 Å². The number of aryl methyl sites for hydroxylation is 2. The minimum absolute atomic E-state index is 0.437. The summed E-state index contributed by atoms with van der Waals surface area (Å²) in [5.74, 6) is 1.22. The minimum Gasteiger partial charge on any atom is -0.507 e. The van der Waals surface area contributed by atoms with Crippen LogP contribution in [0.25, 0.3) is 0 Å². The van der Waals surface area contributed by atoms with Crippen molar-refractivity contribution >= 4 is 0 Å². The highest BCUT2D eigenvalue weighted by atomic mass is 16.3. The monoisotopic (exact) mass is 261 g/mol. The first-order valence-corrected chi connectivity index (χ1v) is 7.60. The van der Waals surface area contributed by atoms with Crippen molar-refractivity contribution in [3.05, 3.63) is 28.8 Å². The van der Waals surface area contributed by atoms with Gasteiger partial charge in [0.2, 0.25) is 0 Å². The Morgan fingerprint density at radius 2 is 1.74 bits per heavy atom. The van der Waals surface area contributed by atoms with Crippen molar-refractivity contribution in [2.24, 2.45) is 5.92 Å². The number of phenols is 1.